The van der Waals surface area contributed by atoms with Gasteiger partial charge in [-0.1, -0.05) is 12.1 Å². The Morgan fingerprint density at radius 3 is 2.29 bits per heavy atom. The number of aromatic nitrogens is 1. The summed E-state index contributed by atoms with van der Waals surface area (Å²) in [5, 5.41) is 0. The molecule has 0 bridgehead atoms. The Morgan fingerprint density at radius 1 is 1.05 bits per heavy atom. The van der Waals surface area contributed by atoms with Crippen LogP contribution in [0.15, 0.2) is 24.3 Å². The number of nitrogens with two attached hydrogens (primary N) is 1. The molecule has 112 valence electrons. The number of rotatable bonds is 5. The van der Waals surface area contributed by atoms with E-state index in [4.69, 9.17) is 15.2 Å². The number of hydrogen-bond acceptors (Lipinski definition) is 4. The maximum atomic E-state index is 5.95. The SMILES string of the molecule is COc1cc(C)nc(COc2c(C)cc(CN)cc2C)c1. The maximum absolute atomic E-state index is 5.95. The van der Waals surface area contributed by atoms with Crippen LogP contribution < -0.4 is 15.2 Å². The lowest BCUT2D eigenvalue weighted by atomic mass is 10.1. The first-order chi connectivity index (χ1) is 10.0. The van der Waals surface area contributed by atoms with Gasteiger partial charge >= 0.3 is 0 Å². The Labute approximate surface area is 125 Å². The van der Waals surface area contributed by atoms with Crippen LogP contribution in [0.1, 0.15) is 28.1 Å². The molecule has 0 spiro atoms. The highest BCUT2D eigenvalue weighted by Gasteiger charge is 2.08. The molecule has 0 unspecified atom stereocenters. The third-order valence-corrected chi connectivity index (χ3v) is 3.34. The normalized spacial score (nSPS) is 10.5. The van der Waals surface area contributed by atoms with E-state index in [0.29, 0.717) is 13.2 Å². The molecule has 1 aromatic carbocycles. The third kappa shape index (κ3) is 3.73. The summed E-state index contributed by atoms with van der Waals surface area (Å²) in [6.07, 6.45) is 0. The van der Waals surface area contributed by atoms with Crippen molar-refractivity contribution in [3.63, 3.8) is 0 Å². The van der Waals surface area contributed by atoms with E-state index in [2.05, 4.69) is 17.1 Å². The molecule has 21 heavy (non-hydrogen) atoms. The number of ether oxygens (including phenoxy) is 2. The molecule has 4 nitrogen and oxygen atoms in total. The van der Waals surface area contributed by atoms with Crippen molar-refractivity contribution in [1.82, 2.24) is 4.98 Å². The van der Waals surface area contributed by atoms with Crippen LogP contribution in [0.3, 0.4) is 0 Å². The van der Waals surface area contributed by atoms with E-state index in [1.165, 1.54) is 0 Å². The van der Waals surface area contributed by atoms with Gasteiger partial charge in [0.1, 0.15) is 18.1 Å². The molecule has 2 aromatic rings. The fourth-order valence-corrected chi connectivity index (χ4v) is 2.43. The number of aryl methyl sites for hydroxylation is 3. The van der Waals surface area contributed by atoms with Crippen molar-refractivity contribution < 1.29 is 9.47 Å². The molecule has 0 fully saturated rings. The van der Waals surface area contributed by atoms with Crippen molar-refractivity contribution in [1.29, 1.82) is 0 Å². The maximum Gasteiger partial charge on any atom is 0.130 e. The standard InChI is InChI=1S/C17H22N2O2/c1-11-5-14(9-18)6-12(2)17(11)21-10-15-8-16(20-4)7-13(3)19-15/h5-8H,9-10,18H2,1-4H3. The van der Waals surface area contributed by atoms with Crippen LogP contribution in [0.25, 0.3) is 0 Å². The number of nitrogens with zero attached hydrogens (tertiary/aromatic N) is 1. The predicted octanol–water partition coefficient (Wildman–Crippen LogP) is 3.05. The number of pyridine rings is 1. The average Bonchev–Trinajstić information content (AvgIpc) is 2.45. The fourth-order valence-electron chi connectivity index (χ4n) is 2.43. The molecule has 4 heteroatoms. The highest BCUT2D eigenvalue weighted by molar-refractivity contribution is 5.43. The molecule has 2 N–H and O–H groups in total. The summed E-state index contributed by atoms with van der Waals surface area (Å²) < 4.78 is 11.2. The molecule has 1 heterocycles. The molecule has 0 radical (unpaired) electrons. The Morgan fingerprint density at radius 2 is 1.71 bits per heavy atom. The largest absolute Gasteiger partial charge is 0.497 e. The number of hydrogen-bond donors (Lipinski definition) is 1. The van der Waals surface area contributed by atoms with Gasteiger partial charge in [0.05, 0.1) is 12.8 Å². The van der Waals surface area contributed by atoms with Crippen LogP contribution in [-0.2, 0) is 13.2 Å². The zero-order chi connectivity index (χ0) is 15.4. The molecule has 0 aliphatic heterocycles. The first-order valence-corrected chi connectivity index (χ1v) is 6.98. The first-order valence-electron chi connectivity index (χ1n) is 6.98. The van der Waals surface area contributed by atoms with E-state index >= 15 is 0 Å². The third-order valence-electron chi connectivity index (χ3n) is 3.34. The molecule has 0 saturated heterocycles. The topological polar surface area (TPSA) is 57.4 Å². The quantitative estimate of drug-likeness (QED) is 0.917. The number of methoxy groups -OCH3 is 1. The molecule has 0 saturated carbocycles. The van der Waals surface area contributed by atoms with E-state index in [0.717, 1.165) is 39.6 Å². The Bertz CT molecular complexity index is 616. The second-order valence-electron chi connectivity index (χ2n) is 5.19. The zero-order valence-electron chi connectivity index (χ0n) is 13.1. The van der Waals surface area contributed by atoms with E-state index in [-0.39, 0.29) is 0 Å². The zero-order valence-corrected chi connectivity index (χ0v) is 13.1. The minimum atomic E-state index is 0.418. The van der Waals surface area contributed by atoms with E-state index in [9.17, 15) is 0 Å². The van der Waals surface area contributed by atoms with Crippen molar-refractivity contribution >= 4 is 0 Å². The molecule has 1 aromatic heterocycles. The Balaban J connectivity index is 2.18. The minimum Gasteiger partial charge on any atom is -0.497 e. The lowest BCUT2D eigenvalue weighted by Gasteiger charge is -2.14. The van der Waals surface area contributed by atoms with Crippen molar-refractivity contribution in [2.24, 2.45) is 5.73 Å². The van der Waals surface area contributed by atoms with Gasteiger partial charge in [-0.25, -0.2) is 0 Å². The van der Waals surface area contributed by atoms with E-state index in [1.807, 2.05) is 32.9 Å². The summed E-state index contributed by atoms with van der Waals surface area (Å²) in [4.78, 5) is 4.46. The highest BCUT2D eigenvalue weighted by Crippen LogP contribution is 2.26. The van der Waals surface area contributed by atoms with Gasteiger partial charge in [0, 0.05) is 24.4 Å². The van der Waals surface area contributed by atoms with Gasteiger partial charge in [-0.05, 0) is 37.5 Å². The van der Waals surface area contributed by atoms with Gasteiger partial charge in [-0.2, -0.15) is 0 Å². The second-order valence-corrected chi connectivity index (χ2v) is 5.19. The lowest BCUT2D eigenvalue weighted by Crippen LogP contribution is -2.04. The van der Waals surface area contributed by atoms with Gasteiger partial charge in [0.2, 0.25) is 0 Å². The minimum absolute atomic E-state index is 0.418. The molecule has 0 aliphatic carbocycles. The van der Waals surface area contributed by atoms with Crippen molar-refractivity contribution in [3.8, 4) is 11.5 Å². The molecule has 0 aliphatic rings. The van der Waals surface area contributed by atoms with Crippen molar-refractivity contribution in [3.05, 3.63) is 52.3 Å². The van der Waals surface area contributed by atoms with Gasteiger partial charge in [-0.15, -0.1) is 0 Å². The summed E-state index contributed by atoms with van der Waals surface area (Å²) in [6, 6.07) is 7.92. The van der Waals surface area contributed by atoms with E-state index in [1.54, 1.807) is 7.11 Å². The average molecular weight is 286 g/mol. The fraction of sp³-hybridized carbons (Fsp3) is 0.353. The Hall–Kier alpha value is -2.07. The second kappa shape index (κ2) is 6.59. The van der Waals surface area contributed by atoms with Gasteiger partial charge in [-0.3, -0.25) is 4.98 Å². The van der Waals surface area contributed by atoms with Crippen LogP contribution in [-0.4, -0.2) is 12.1 Å². The van der Waals surface area contributed by atoms with Gasteiger partial charge < -0.3 is 15.2 Å². The molecule has 2 rings (SSSR count). The highest BCUT2D eigenvalue weighted by atomic mass is 16.5. The lowest BCUT2D eigenvalue weighted by molar-refractivity contribution is 0.295. The van der Waals surface area contributed by atoms with Gasteiger partial charge in [0.15, 0.2) is 0 Å². The smallest absolute Gasteiger partial charge is 0.130 e. The van der Waals surface area contributed by atoms with Crippen LogP contribution in [0, 0.1) is 20.8 Å². The molecular formula is C17H22N2O2. The Kier molecular flexibility index (Phi) is 4.81. The molecule has 0 atom stereocenters. The monoisotopic (exact) mass is 286 g/mol. The van der Waals surface area contributed by atoms with Crippen LogP contribution in [0.2, 0.25) is 0 Å². The predicted molar refractivity (Wildman–Crippen MR) is 83.7 cm³/mol. The number of benzene rings is 1. The van der Waals surface area contributed by atoms with E-state index < -0.39 is 0 Å². The summed E-state index contributed by atoms with van der Waals surface area (Å²) in [7, 11) is 1.65. The van der Waals surface area contributed by atoms with Crippen molar-refractivity contribution in [2.75, 3.05) is 7.11 Å². The van der Waals surface area contributed by atoms with Gasteiger partial charge in [0.25, 0.3) is 0 Å². The summed E-state index contributed by atoms with van der Waals surface area (Å²) in [6.45, 7) is 6.97. The first kappa shape index (κ1) is 15.3. The summed E-state index contributed by atoms with van der Waals surface area (Å²) >= 11 is 0. The molecular weight excluding hydrogens is 264 g/mol. The van der Waals surface area contributed by atoms with Crippen molar-refractivity contribution in [2.45, 2.75) is 33.9 Å². The summed E-state index contributed by atoms with van der Waals surface area (Å²) in [5.41, 5.74) is 10.8. The molecule has 0 amide bonds. The summed E-state index contributed by atoms with van der Waals surface area (Å²) in [5.74, 6) is 1.70. The van der Waals surface area contributed by atoms with Crippen LogP contribution in [0.4, 0.5) is 0 Å². The van der Waals surface area contributed by atoms with Crippen LogP contribution >= 0.6 is 0 Å². The van der Waals surface area contributed by atoms with Crippen LogP contribution in [0.5, 0.6) is 11.5 Å².